The predicted octanol–water partition coefficient (Wildman–Crippen LogP) is 2.13. The lowest BCUT2D eigenvalue weighted by molar-refractivity contribution is 0.330. The van der Waals surface area contributed by atoms with Crippen molar-refractivity contribution < 1.29 is 13.2 Å². The van der Waals surface area contributed by atoms with Gasteiger partial charge in [-0.05, 0) is 35.0 Å². The van der Waals surface area contributed by atoms with E-state index in [9.17, 15) is 8.42 Å². The normalized spacial score (nSPS) is 11.8. The Balaban J connectivity index is 3.31. The van der Waals surface area contributed by atoms with E-state index in [-0.39, 0.29) is 4.90 Å². The molecule has 0 aromatic heterocycles. The van der Waals surface area contributed by atoms with Crippen molar-refractivity contribution >= 4 is 32.3 Å². The number of nitrogens with zero attached hydrogens (tertiary/aromatic N) is 2. The van der Waals surface area contributed by atoms with Gasteiger partial charge in [-0.3, -0.25) is 0 Å². The van der Waals surface area contributed by atoms with Crippen LogP contribution in [-0.4, -0.2) is 40.4 Å². The highest BCUT2D eigenvalue weighted by atomic mass is 79.9. The van der Waals surface area contributed by atoms with Crippen molar-refractivity contribution in [2.45, 2.75) is 11.8 Å². The van der Waals surface area contributed by atoms with Crippen LogP contribution in [0.3, 0.4) is 0 Å². The molecule has 0 N–H and O–H groups in total. The van der Waals surface area contributed by atoms with E-state index in [2.05, 4.69) is 20.3 Å². The minimum atomic E-state index is -3.78. The molecule has 0 amide bonds. The number of ether oxygens (including phenoxy) is 1. The fourth-order valence-corrected chi connectivity index (χ4v) is 3.29. The van der Waals surface area contributed by atoms with Gasteiger partial charge in [0.2, 0.25) is 0 Å². The van der Waals surface area contributed by atoms with Crippen LogP contribution in [0.25, 0.3) is 0 Å². The molecule has 0 heterocycles. The number of hydrogen-bond donors (Lipinski definition) is 0. The van der Waals surface area contributed by atoms with Crippen molar-refractivity contribution in [3.05, 3.63) is 22.7 Å². The molecule has 0 radical (unpaired) electrons. The summed E-state index contributed by atoms with van der Waals surface area (Å²) in [6.45, 7) is 2.18. The zero-order valence-electron chi connectivity index (χ0n) is 10.4. The molecule has 0 saturated heterocycles. The van der Waals surface area contributed by atoms with Crippen molar-refractivity contribution in [3.63, 3.8) is 0 Å². The second-order valence-electron chi connectivity index (χ2n) is 3.66. The third-order valence-electron chi connectivity index (χ3n) is 1.91. The highest BCUT2D eigenvalue weighted by Gasteiger charge is 2.21. The lowest BCUT2D eigenvalue weighted by Crippen LogP contribution is -2.11. The topological polar surface area (TPSA) is 59.0 Å². The van der Waals surface area contributed by atoms with Crippen LogP contribution in [0.2, 0.25) is 0 Å². The lowest BCUT2D eigenvalue weighted by Gasteiger charge is -2.10. The number of sulfonamides is 1. The van der Waals surface area contributed by atoms with E-state index in [1.54, 1.807) is 44.1 Å². The predicted molar refractivity (Wildman–Crippen MR) is 74.7 cm³/mol. The van der Waals surface area contributed by atoms with E-state index in [1.807, 2.05) is 0 Å². The fraction of sp³-hybridized carbons (Fsp3) is 0.364. The summed E-state index contributed by atoms with van der Waals surface area (Å²) in [5.74, 6) is 0.294. The average molecular weight is 335 g/mol. The number of benzene rings is 1. The van der Waals surface area contributed by atoms with Gasteiger partial charge in [0, 0.05) is 18.6 Å². The zero-order chi connectivity index (χ0) is 13.8. The molecule has 7 heteroatoms. The van der Waals surface area contributed by atoms with Crippen LogP contribution in [0.4, 0.5) is 0 Å². The fourth-order valence-electron chi connectivity index (χ4n) is 1.22. The molecule has 0 aliphatic carbocycles. The van der Waals surface area contributed by atoms with Gasteiger partial charge in [0.25, 0.3) is 10.0 Å². The Kier molecular flexibility index (Phi) is 5.15. The Morgan fingerprint density at radius 3 is 2.67 bits per heavy atom. The third-order valence-corrected chi connectivity index (χ3v) is 4.14. The molecule has 0 unspecified atom stereocenters. The van der Waals surface area contributed by atoms with Crippen LogP contribution >= 0.6 is 15.9 Å². The van der Waals surface area contributed by atoms with Crippen LogP contribution in [0.1, 0.15) is 6.92 Å². The standard InChI is InChI=1S/C11H15BrN2O3S/c1-4-17-10-7-5-6-9(12)11(10)18(15,16)13-8-14(2)3/h5-8H,4H2,1-3H3. The van der Waals surface area contributed by atoms with Crippen molar-refractivity contribution in [2.75, 3.05) is 20.7 Å². The molecule has 1 rings (SSSR count). The molecule has 1 aromatic carbocycles. The summed E-state index contributed by atoms with van der Waals surface area (Å²) in [5, 5.41) is 0. The molecule has 0 saturated carbocycles. The van der Waals surface area contributed by atoms with Crippen molar-refractivity contribution in [1.29, 1.82) is 0 Å². The Hall–Kier alpha value is -1.08. The molecule has 0 fully saturated rings. The monoisotopic (exact) mass is 334 g/mol. The maximum Gasteiger partial charge on any atom is 0.288 e. The minimum absolute atomic E-state index is 0.0463. The first-order chi connectivity index (χ1) is 8.38. The highest BCUT2D eigenvalue weighted by Crippen LogP contribution is 2.32. The molecule has 0 atom stereocenters. The summed E-state index contributed by atoms with van der Waals surface area (Å²) in [6.07, 6.45) is 1.24. The summed E-state index contributed by atoms with van der Waals surface area (Å²) in [5.41, 5.74) is 0. The molecule has 18 heavy (non-hydrogen) atoms. The zero-order valence-corrected chi connectivity index (χ0v) is 12.8. The van der Waals surface area contributed by atoms with Gasteiger partial charge in [-0.1, -0.05) is 6.07 Å². The van der Waals surface area contributed by atoms with E-state index in [0.717, 1.165) is 0 Å². The molecule has 0 aliphatic rings. The number of halogens is 1. The van der Waals surface area contributed by atoms with Gasteiger partial charge in [0.05, 0.1) is 6.61 Å². The summed E-state index contributed by atoms with van der Waals surface area (Å²) < 4.78 is 33.6. The Bertz CT molecular complexity index is 541. The maximum atomic E-state index is 12.1. The van der Waals surface area contributed by atoms with Gasteiger partial charge >= 0.3 is 0 Å². The van der Waals surface area contributed by atoms with Crippen LogP contribution in [0.15, 0.2) is 32.0 Å². The van der Waals surface area contributed by atoms with Crippen LogP contribution < -0.4 is 4.74 Å². The molecule has 100 valence electrons. The van der Waals surface area contributed by atoms with E-state index in [0.29, 0.717) is 16.8 Å². The molecule has 0 bridgehead atoms. The number of hydrogen-bond acceptors (Lipinski definition) is 3. The smallest absolute Gasteiger partial charge is 0.288 e. The Morgan fingerprint density at radius 2 is 2.11 bits per heavy atom. The van der Waals surface area contributed by atoms with E-state index in [1.165, 1.54) is 6.34 Å². The summed E-state index contributed by atoms with van der Waals surface area (Å²) >= 11 is 3.21. The van der Waals surface area contributed by atoms with Gasteiger partial charge in [-0.25, -0.2) is 0 Å². The quantitative estimate of drug-likeness (QED) is 0.611. The molecular formula is C11H15BrN2O3S. The van der Waals surface area contributed by atoms with Gasteiger partial charge in [-0.2, -0.15) is 8.42 Å². The Labute approximate surface area is 116 Å². The van der Waals surface area contributed by atoms with Crippen LogP contribution in [0, 0.1) is 0 Å². The molecular weight excluding hydrogens is 320 g/mol. The highest BCUT2D eigenvalue weighted by molar-refractivity contribution is 9.10. The number of rotatable bonds is 5. The molecule has 0 spiro atoms. The summed E-state index contributed by atoms with van der Waals surface area (Å²) in [7, 11) is -0.389. The maximum absolute atomic E-state index is 12.1. The van der Waals surface area contributed by atoms with E-state index in [4.69, 9.17) is 4.74 Å². The second-order valence-corrected chi connectivity index (χ2v) is 6.08. The summed E-state index contributed by atoms with van der Waals surface area (Å²) in [4.78, 5) is 1.60. The van der Waals surface area contributed by atoms with E-state index >= 15 is 0 Å². The minimum Gasteiger partial charge on any atom is -0.492 e. The van der Waals surface area contributed by atoms with E-state index < -0.39 is 10.0 Å². The SMILES string of the molecule is CCOc1cccc(Br)c1S(=O)(=O)N=CN(C)C. The largest absolute Gasteiger partial charge is 0.492 e. The third kappa shape index (κ3) is 3.71. The van der Waals surface area contributed by atoms with Gasteiger partial charge in [0.15, 0.2) is 0 Å². The first kappa shape index (κ1) is 15.0. The van der Waals surface area contributed by atoms with Crippen molar-refractivity contribution in [2.24, 2.45) is 4.40 Å². The van der Waals surface area contributed by atoms with Gasteiger partial charge < -0.3 is 9.64 Å². The Morgan fingerprint density at radius 1 is 1.44 bits per heavy atom. The average Bonchev–Trinajstić information content (AvgIpc) is 2.27. The second kappa shape index (κ2) is 6.19. The van der Waals surface area contributed by atoms with Crippen molar-refractivity contribution in [3.8, 4) is 5.75 Å². The van der Waals surface area contributed by atoms with Crippen molar-refractivity contribution in [1.82, 2.24) is 4.90 Å². The molecule has 0 aliphatic heterocycles. The van der Waals surface area contributed by atoms with Gasteiger partial charge in [-0.15, -0.1) is 4.40 Å². The van der Waals surface area contributed by atoms with Crippen LogP contribution in [-0.2, 0) is 10.0 Å². The van der Waals surface area contributed by atoms with Gasteiger partial charge in [0.1, 0.15) is 17.0 Å². The molecule has 5 nitrogen and oxygen atoms in total. The molecule has 1 aromatic rings. The summed E-state index contributed by atoms with van der Waals surface area (Å²) in [6, 6.07) is 4.96. The first-order valence-corrected chi connectivity index (χ1v) is 7.50. The first-order valence-electron chi connectivity index (χ1n) is 5.26. The lowest BCUT2D eigenvalue weighted by atomic mass is 10.3. The van der Waals surface area contributed by atoms with Crippen LogP contribution in [0.5, 0.6) is 5.75 Å².